The van der Waals surface area contributed by atoms with Crippen LogP contribution in [0.4, 0.5) is 11.4 Å². The molecule has 2 rings (SSSR count). The van der Waals surface area contributed by atoms with Gasteiger partial charge < -0.3 is 10.5 Å². The molecule has 4 heteroatoms. The van der Waals surface area contributed by atoms with Gasteiger partial charge in [0.25, 0.3) is 0 Å². The van der Waals surface area contributed by atoms with Crippen LogP contribution in [0.3, 0.4) is 0 Å². The van der Waals surface area contributed by atoms with Crippen LogP contribution in [0.15, 0.2) is 53.7 Å². The number of nitrogens with zero attached hydrogens (tertiary/aromatic N) is 1. The van der Waals surface area contributed by atoms with Crippen molar-refractivity contribution in [3.8, 4) is 0 Å². The summed E-state index contributed by atoms with van der Waals surface area (Å²) in [5.74, 6) is 0. The number of hydrogen-bond acceptors (Lipinski definition) is 3. The van der Waals surface area contributed by atoms with Crippen LogP contribution in [0.2, 0.25) is 5.02 Å². The van der Waals surface area contributed by atoms with E-state index in [4.69, 9.17) is 16.8 Å². The zero-order chi connectivity index (χ0) is 13.0. The molecule has 2 N–H and O–H groups in total. The standard InChI is InChI=1S/C14H13ClN2O/c1-10(17-18)13-4-2-3-5-14(13)16-12-8-6-11(15)7-9-12/h2-9,16,18H,1H3/b17-10+. The minimum absolute atomic E-state index is 0.562. The van der Waals surface area contributed by atoms with Gasteiger partial charge in [-0.15, -0.1) is 0 Å². The van der Waals surface area contributed by atoms with E-state index in [-0.39, 0.29) is 0 Å². The molecule has 0 bridgehead atoms. The van der Waals surface area contributed by atoms with E-state index in [0.717, 1.165) is 16.9 Å². The van der Waals surface area contributed by atoms with E-state index in [1.54, 1.807) is 6.92 Å². The van der Waals surface area contributed by atoms with E-state index >= 15 is 0 Å². The first kappa shape index (κ1) is 12.5. The highest BCUT2D eigenvalue weighted by molar-refractivity contribution is 6.30. The van der Waals surface area contributed by atoms with Crippen LogP contribution < -0.4 is 5.32 Å². The zero-order valence-electron chi connectivity index (χ0n) is 9.89. The Hall–Kier alpha value is -2.00. The normalized spacial score (nSPS) is 11.3. The lowest BCUT2D eigenvalue weighted by Gasteiger charge is -2.11. The van der Waals surface area contributed by atoms with Crippen LogP contribution in [-0.4, -0.2) is 10.9 Å². The highest BCUT2D eigenvalue weighted by Gasteiger charge is 2.05. The van der Waals surface area contributed by atoms with Gasteiger partial charge in [-0.25, -0.2) is 0 Å². The number of benzene rings is 2. The molecular weight excluding hydrogens is 248 g/mol. The van der Waals surface area contributed by atoms with Crippen molar-refractivity contribution in [1.29, 1.82) is 0 Å². The van der Waals surface area contributed by atoms with E-state index < -0.39 is 0 Å². The van der Waals surface area contributed by atoms with Crippen LogP contribution >= 0.6 is 11.6 Å². The maximum atomic E-state index is 8.86. The third kappa shape index (κ3) is 2.81. The monoisotopic (exact) mass is 260 g/mol. The third-order valence-electron chi connectivity index (χ3n) is 2.59. The molecule has 0 aliphatic carbocycles. The molecule has 0 spiro atoms. The summed E-state index contributed by atoms with van der Waals surface area (Å²) in [4.78, 5) is 0. The summed E-state index contributed by atoms with van der Waals surface area (Å²) in [5, 5.41) is 16.0. The molecule has 0 saturated carbocycles. The van der Waals surface area contributed by atoms with Gasteiger partial charge in [0.2, 0.25) is 0 Å². The van der Waals surface area contributed by atoms with Gasteiger partial charge in [0.1, 0.15) is 0 Å². The maximum Gasteiger partial charge on any atom is 0.0857 e. The van der Waals surface area contributed by atoms with Gasteiger partial charge in [-0.05, 0) is 37.3 Å². The fraction of sp³-hybridized carbons (Fsp3) is 0.0714. The average Bonchev–Trinajstić information content (AvgIpc) is 2.41. The Kier molecular flexibility index (Phi) is 3.85. The van der Waals surface area contributed by atoms with Gasteiger partial charge in [0.15, 0.2) is 0 Å². The van der Waals surface area contributed by atoms with Crippen LogP contribution in [0.5, 0.6) is 0 Å². The molecule has 0 radical (unpaired) electrons. The molecular formula is C14H13ClN2O. The predicted octanol–water partition coefficient (Wildman–Crippen LogP) is 4.28. The number of halogens is 1. The van der Waals surface area contributed by atoms with E-state index in [1.807, 2.05) is 48.5 Å². The fourth-order valence-corrected chi connectivity index (χ4v) is 1.78. The SMILES string of the molecule is C/C(=N\O)c1ccccc1Nc1ccc(Cl)cc1. The van der Waals surface area contributed by atoms with Crippen LogP contribution in [0.1, 0.15) is 12.5 Å². The lowest BCUT2D eigenvalue weighted by Crippen LogP contribution is -2.01. The van der Waals surface area contributed by atoms with Crippen molar-refractivity contribution in [3.05, 3.63) is 59.1 Å². The molecule has 92 valence electrons. The minimum atomic E-state index is 0.562. The Morgan fingerprint density at radius 3 is 2.44 bits per heavy atom. The molecule has 3 nitrogen and oxygen atoms in total. The molecule has 0 unspecified atom stereocenters. The van der Waals surface area contributed by atoms with Crippen molar-refractivity contribution in [2.45, 2.75) is 6.92 Å². The smallest absolute Gasteiger partial charge is 0.0857 e. The number of nitrogens with one attached hydrogen (secondary N) is 1. The predicted molar refractivity (Wildman–Crippen MR) is 75.2 cm³/mol. The molecule has 0 atom stereocenters. The van der Waals surface area contributed by atoms with Gasteiger partial charge >= 0.3 is 0 Å². The Morgan fingerprint density at radius 2 is 1.78 bits per heavy atom. The molecule has 18 heavy (non-hydrogen) atoms. The molecule has 0 aliphatic heterocycles. The molecule has 0 saturated heterocycles. The van der Waals surface area contributed by atoms with Crippen molar-refractivity contribution < 1.29 is 5.21 Å². The summed E-state index contributed by atoms with van der Waals surface area (Å²) in [5.41, 5.74) is 3.23. The topological polar surface area (TPSA) is 44.6 Å². The van der Waals surface area contributed by atoms with Crippen LogP contribution in [0.25, 0.3) is 0 Å². The highest BCUT2D eigenvalue weighted by Crippen LogP contribution is 2.22. The molecule has 2 aromatic carbocycles. The highest BCUT2D eigenvalue weighted by atomic mass is 35.5. The van der Waals surface area contributed by atoms with Gasteiger partial charge in [-0.3, -0.25) is 0 Å². The summed E-state index contributed by atoms with van der Waals surface area (Å²) in [6.07, 6.45) is 0. The third-order valence-corrected chi connectivity index (χ3v) is 2.84. The van der Waals surface area contributed by atoms with Crippen molar-refractivity contribution in [1.82, 2.24) is 0 Å². The van der Waals surface area contributed by atoms with Gasteiger partial charge in [-0.2, -0.15) is 0 Å². The second-order valence-electron chi connectivity index (χ2n) is 3.86. The summed E-state index contributed by atoms with van der Waals surface area (Å²) >= 11 is 5.84. The summed E-state index contributed by atoms with van der Waals surface area (Å²) in [7, 11) is 0. The molecule has 0 heterocycles. The Balaban J connectivity index is 2.32. The largest absolute Gasteiger partial charge is 0.411 e. The van der Waals surface area contributed by atoms with E-state index in [0.29, 0.717) is 10.7 Å². The number of oxime groups is 1. The van der Waals surface area contributed by atoms with Crippen molar-refractivity contribution >= 4 is 28.7 Å². The van der Waals surface area contributed by atoms with Crippen LogP contribution in [-0.2, 0) is 0 Å². The lowest BCUT2D eigenvalue weighted by molar-refractivity contribution is 0.319. The Bertz CT molecular complexity index is 564. The Labute approximate surface area is 111 Å². The van der Waals surface area contributed by atoms with Crippen molar-refractivity contribution in [2.75, 3.05) is 5.32 Å². The van der Waals surface area contributed by atoms with Gasteiger partial charge in [-0.1, -0.05) is 35.0 Å². The quantitative estimate of drug-likeness (QED) is 0.491. The first-order chi connectivity index (χ1) is 8.70. The van der Waals surface area contributed by atoms with Crippen molar-refractivity contribution in [3.63, 3.8) is 0 Å². The maximum absolute atomic E-state index is 8.86. The number of para-hydroxylation sites is 1. The Morgan fingerprint density at radius 1 is 1.11 bits per heavy atom. The number of hydrogen-bond donors (Lipinski definition) is 2. The summed E-state index contributed by atoms with van der Waals surface area (Å²) in [6, 6.07) is 15.1. The molecule has 2 aromatic rings. The second-order valence-corrected chi connectivity index (χ2v) is 4.30. The summed E-state index contributed by atoms with van der Waals surface area (Å²) < 4.78 is 0. The first-order valence-corrected chi connectivity index (χ1v) is 5.89. The van der Waals surface area contributed by atoms with Crippen LogP contribution in [0, 0.1) is 0 Å². The van der Waals surface area contributed by atoms with Gasteiger partial charge in [0.05, 0.1) is 5.71 Å². The fourth-order valence-electron chi connectivity index (χ4n) is 1.65. The number of rotatable bonds is 3. The zero-order valence-corrected chi connectivity index (χ0v) is 10.6. The molecule has 0 amide bonds. The second kappa shape index (κ2) is 5.56. The van der Waals surface area contributed by atoms with E-state index in [9.17, 15) is 0 Å². The summed E-state index contributed by atoms with van der Waals surface area (Å²) in [6.45, 7) is 1.75. The van der Waals surface area contributed by atoms with Crippen molar-refractivity contribution in [2.24, 2.45) is 5.16 Å². The molecule has 0 fully saturated rings. The molecule has 0 aromatic heterocycles. The van der Waals surface area contributed by atoms with E-state index in [1.165, 1.54) is 0 Å². The molecule has 0 aliphatic rings. The lowest BCUT2D eigenvalue weighted by atomic mass is 10.1. The number of anilines is 2. The minimum Gasteiger partial charge on any atom is -0.411 e. The van der Waals surface area contributed by atoms with E-state index in [2.05, 4.69) is 10.5 Å². The van der Waals surface area contributed by atoms with Gasteiger partial charge in [0, 0.05) is 22.0 Å². The average molecular weight is 261 g/mol. The first-order valence-electron chi connectivity index (χ1n) is 5.51.